The Kier molecular flexibility index (Phi) is 4.59. The van der Waals surface area contributed by atoms with Crippen LogP contribution in [-0.2, 0) is 17.5 Å². The first-order chi connectivity index (χ1) is 13.2. The van der Waals surface area contributed by atoms with E-state index in [9.17, 15) is 22.8 Å². The summed E-state index contributed by atoms with van der Waals surface area (Å²) in [6, 6.07) is 8.69. The lowest BCUT2D eigenvalue weighted by Crippen LogP contribution is -2.20. The van der Waals surface area contributed by atoms with Crippen LogP contribution in [0.15, 0.2) is 42.6 Å². The summed E-state index contributed by atoms with van der Waals surface area (Å²) in [5.41, 5.74) is 0.476. The van der Waals surface area contributed by atoms with Gasteiger partial charge in [-0.15, -0.1) is 0 Å². The standard InChI is InChI=1S/C18H11ClF3N3O2S/c19-12-3-1-10(13(6-12)18(20,21)22)8-25-14-4-2-9(5-11(14)7-23-25)15-16(26)24-17(27)28-15/h1-7,15H,8H2,(H,24,26,27). The number of alkyl halides is 3. The van der Waals surface area contributed by atoms with E-state index < -0.39 is 28.1 Å². The first-order valence-corrected chi connectivity index (χ1v) is 9.31. The molecule has 3 aromatic rings. The lowest BCUT2D eigenvalue weighted by molar-refractivity contribution is -0.138. The number of aromatic nitrogens is 2. The molecule has 144 valence electrons. The average Bonchev–Trinajstić information content (AvgIpc) is 3.17. The summed E-state index contributed by atoms with van der Waals surface area (Å²) in [5.74, 6) is -0.391. The van der Waals surface area contributed by atoms with Gasteiger partial charge >= 0.3 is 6.18 Å². The Morgan fingerprint density at radius 2 is 1.96 bits per heavy atom. The number of carbonyl (C=O) groups excluding carboxylic acids is 2. The molecule has 1 unspecified atom stereocenters. The van der Waals surface area contributed by atoms with Crippen molar-refractivity contribution in [2.45, 2.75) is 18.0 Å². The Bertz CT molecular complexity index is 1110. The second-order valence-electron chi connectivity index (χ2n) is 6.19. The van der Waals surface area contributed by atoms with E-state index in [1.807, 2.05) is 0 Å². The lowest BCUT2D eigenvalue weighted by atomic mass is 10.1. The fourth-order valence-corrected chi connectivity index (χ4v) is 4.08. The molecule has 2 aromatic carbocycles. The molecule has 0 aliphatic carbocycles. The van der Waals surface area contributed by atoms with Crippen LogP contribution < -0.4 is 5.32 Å². The summed E-state index contributed by atoms with van der Waals surface area (Å²) < 4.78 is 41.4. The molecule has 1 fully saturated rings. The third kappa shape index (κ3) is 3.47. The molecular weight excluding hydrogens is 415 g/mol. The molecule has 0 bridgehead atoms. The van der Waals surface area contributed by atoms with Gasteiger partial charge in [0.25, 0.3) is 5.24 Å². The van der Waals surface area contributed by atoms with E-state index in [1.165, 1.54) is 23.0 Å². The SMILES string of the molecule is O=C1NC(=O)C(c2ccc3c(cnn3Cc3ccc(Cl)cc3C(F)(F)F)c2)S1. The first-order valence-electron chi connectivity index (χ1n) is 8.05. The van der Waals surface area contributed by atoms with Crippen molar-refractivity contribution in [1.82, 2.24) is 15.1 Å². The Balaban J connectivity index is 1.68. The van der Waals surface area contributed by atoms with Crippen LogP contribution in [0, 0.1) is 0 Å². The topological polar surface area (TPSA) is 64.0 Å². The second kappa shape index (κ2) is 6.82. The summed E-state index contributed by atoms with van der Waals surface area (Å²) in [4.78, 5) is 23.2. The van der Waals surface area contributed by atoms with Gasteiger partial charge in [0.05, 0.1) is 23.8 Å². The molecule has 2 heterocycles. The van der Waals surface area contributed by atoms with Gasteiger partial charge in [0.15, 0.2) is 0 Å². The van der Waals surface area contributed by atoms with Crippen molar-refractivity contribution in [1.29, 1.82) is 0 Å². The molecule has 10 heteroatoms. The zero-order chi connectivity index (χ0) is 20.1. The van der Waals surface area contributed by atoms with Gasteiger partial charge < -0.3 is 0 Å². The van der Waals surface area contributed by atoms with Crippen LogP contribution >= 0.6 is 23.4 Å². The van der Waals surface area contributed by atoms with Crippen LogP contribution in [0.4, 0.5) is 18.0 Å². The highest BCUT2D eigenvalue weighted by Gasteiger charge is 2.34. The number of hydrogen-bond donors (Lipinski definition) is 1. The first kappa shape index (κ1) is 18.8. The van der Waals surface area contributed by atoms with Crippen molar-refractivity contribution in [3.8, 4) is 0 Å². The summed E-state index contributed by atoms with van der Waals surface area (Å²) >= 11 is 6.61. The average molecular weight is 426 g/mol. The Morgan fingerprint density at radius 1 is 1.18 bits per heavy atom. The molecule has 5 nitrogen and oxygen atoms in total. The van der Waals surface area contributed by atoms with E-state index in [2.05, 4.69) is 10.4 Å². The van der Waals surface area contributed by atoms with Crippen LogP contribution in [0.25, 0.3) is 10.9 Å². The fraction of sp³-hybridized carbons (Fsp3) is 0.167. The predicted molar refractivity (Wildman–Crippen MR) is 99.2 cm³/mol. The summed E-state index contributed by atoms with van der Waals surface area (Å²) in [7, 11) is 0. The minimum atomic E-state index is -4.53. The second-order valence-corrected chi connectivity index (χ2v) is 7.71. The fourth-order valence-electron chi connectivity index (χ4n) is 3.08. The van der Waals surface area contributed by atoms with Crippen molar-refractivity contribution in [2.75, 3.05) is 0 Å². The number of halogens is 4. The molecular formula is C18H11ClF3N3O2S. The number of benzene rings is 2. The third-order valence-corrected chi connectivity index (χ3v) is 5.63. The number of hydrogen-bond acceptors (Lipinski definition) is 4. The van der Waals surface area contributed by atoms with Gasteiger partial charge in [-0.25, -0.2) is 0 Å². The summed E-state index contributed by atoms with van der Waals surface area (Å²) in [5, 5.41) is 6.02. The molecule has 28 heavy (non-hydrogen) atoms. The number of thioether (sulfide) groups is 1. The molecule has 2 amide bonds. The largest absolute Gasteiger partial charge is 0.416 e. The van der Waals surface area contributed by atoms with E-state index >= 15 is 0 Å². The Hall–Kier alpha value is -2.52. The quantitative estimate of drug-likeness (QED) is 0.656. The number of imide groups is 1. The van der Waals surface area contributed by atoms with Crippen LogP contribution in [-0.4, -0.2) is 20.9 Å². The minimum absolute atomic E-state index is 0.00734. The van der Waals surface area contributed by atoms with Gasteiger partial charge in [-0.1, -0.05) is 23.7 Å². The van der Waals surface area contributed by atoms with Crippen molar-refractivity contribution in [3.63, 3.8) is 0 Å². The van der Waals surface area contributed by atoms with Gasteiger partial charge in [-0.2, -0.15) is 18.3 Å². The van der Waals surface area contributed by atoms with Crippen molar-refractivity contribution in [3.05, 3.63) is 64.3 Å². The monoisotopic (exact) mass is 425 g/mol. The smallest absolute Gasteiger partial charge is 0.286 e. The minimum Gasteiger partial charge on any atom is -0.286 e. The molecule has 0 spiro atoms. The zero-order valence-corrected chi connectivity index (χ0v) is 15.5. The molecule has 0 radical (unpaired) electrons. The maximum absolute atomic E-state index is 13.3. The number of rotatable bonds is 3. The van der Waals surface area contributed by atoms with Crippen LogP contribution in [0.1, 0.15) is 21.9 Å². The van der Waals surface area contributed by atoms with Gasteiger partial charge in [0, 0.05) is 10.4 Å². The van der Waals surface area contributed by atoms with Gasteiger partial charge in [-0.05, 0) is 47.2 Å². The van der Waals surface area contributed by atoms with Crippen molar-refractivity contribution < 1.29 is 22.8 Å². The molecule has 1 N–H and O–H groups in total. The molecule has 1 aliphatic heterocycles. The molecule has 1 saturated heterocycles. The highest BCUT2D eigenvalue weighted by Crippen LogP contribution is 2.36. The Morgan fingerprint density at radius 3 is 2.64 bits per heavy atom. The van der Waals surface area contributed by atoms with E-state index in [4.69, 9.17) is 11.6 Å². The normalized spacial score (nSPS) is 17.4. The lowest BCUT2D eigenvalue weighted by Gasteiger charge is -2.14. The predicted octanol–water partition coefficient (Wildman–Crippen LogP) is 4.78. The summed E-state index contributed by atoms with van der Waals surface area (Å²) in [6.45, 7) is -0.0913. The molecule has 1 aliphatic rings. The van der Waals surface area contributed by atoms with Crippen LogP contribution in [0.5, 0.6) is 0 Å². The summed E-state index contributed by atoms with van der Waals surface area (Å²) in [6.07, 6.45) is -3.02. The zero-order valence-electron chi connectivity index (χ0n) is 14.0. The molecule has 1 atom stereocenters. The highest BCUT2D eigenvalue weighted by molar-refractivity contribution is 8.15. The van der Waals surface area contributed by atoms with Crippen LogP contribution in [0.2, 0.25) is 5.02 Å². The number of amides is 2. The number of nitrogens with one attached hydrogen (secondary N) is 1. The van der Waals surface area contributed by atoms with E-state index in [1.54, 1.807) is 18.2 Å². The van der Waals surface area contributed by atoms with Gasteiger partial charge in [-0.3, -0.25) is 19.6 Å². The number of nitrogens with zero attached hydrogens (tertiary/aromatic N) is 2. The molecule has 1 aromatic heterocycles. The molecule has 0 saturated carbocycles. The third-order valence-electron chi connectivity index (χ3n) is 4.35. The maximum atomic E-state index is 13.3. The van der Waals surface area contributed by atoms with Gasteiger partial charge in [0.1, 0.15) is 5.25 Å². The number of fused-ring (bicyclic) bond motifs is 1. The number of carbonyl (C=O) groups is 2. The van der Waals surface area contributed by atoms with Crippen LogP contribution in [0.3, 0.4) is 0 Å². The Labute approximate surface area is 165 Å². The highest BCUT2D eigenvalue weighted by atomic mass is 35.5. The van der Waals surface area contributed by atoms with E-state index in [0.29, 0.717) is 16.5 Å². The van der Waals surface area contributed by atoms with Crippen molar-refractivity contribution >= 4 is 45.4 Å². The van der Waals surface area contributed by atoms with Crippen molar-refractivity contribution in [2.24, 2.45) is 0 Å². The van der Waals surface area contributed by atoms with E-state index in [0.717, 1.165) is 17.8 Å². The molecule has 4 rings (SSSR count). The van der Waals surface area contributed by atoms with Gasteiger partial charge in [0.2, 0.25) is 5.91 Å². The van der Waals surface area contributed by atoms with E-state index in [-0.39, 0.29) is 17.1 Å². The maximum Gasteiger partial charge on any atom is 0.416 e.